The molecule has 4 aliphatic rings. The van der Waals surface area contributed by atoms with Crippen LogP contribution < -0.4 is 0 Å². The molecule has 0 radical (unpaired) electrons. The Bertz CT molecular complexity index is 710. The fraction of sp³-hybridized carbons (Fsp3) is 0.591. The molecule has 1 nitrogen and oxygen atoms in total. The number of hydrogen-bond acceptors (Lipinski definition) is 1. The summed E-state index contributed by atoms with van der Waals surface area (Å²) in [5.74, 6) is 8.13. The van der Waals surface area contributed by atoms with Crippen molar-refractivity contribution in [2.75, 3.05) is 0 Å². The predicted octanol–water partition coefficient (Wildman–Crippen LogP) is 4.85. The lowest BCUT2D eigenvalue weighted by atomic mass is 9.50. The number of rotatable bonds is 0. The summed E-state index contributed by atoms with van der Waals surface area (Å²) < 4.78 is 0. The van der Waals surface area contributed by atoms with Crippen molar-refractivity contribution in [3.05, 3.63) is 35.5 Å². The van der Waals surface area contributed by atoms with Crippen LogP contribution in [0.15, 0.2) is 35.5 Å². The lowest BCUT2D eigenvalue weighted by Crippen LogP contribution is -2.46. The van der Waals surface area contributed by atoms with Gasteiger partial charge in [-0.15, -0.1) is 5.92 Å². The average Bonchev–Trinajstić information content (AvgIpc) is 2.91. The molecule has 2 fully saturated rings. The quantitative estimate of drug-likeness (QED) is 0.584. The van der Waals surface area contributed by atoms with E-state index < -0.39 is 0 Å². The Morgan fingerprint density at radius 1 is 1.17 bits per heavy atom. The molecular formula is C22H26O. The van der Waals surface area contributed by atoms with Crippen LogP contribution in [0.25, 0.3) is 0 Å². The summed E-state index contributed by atoms with van der Waals surface area (Å²) in [6.07, 6.45) is 15.5. The molecule has 4 rings (SSSR count). The Labute approximate surface area is 139 Å². The smallest absolute Gasteiger partial charge is 0.194 e. The Balaban J connectivity index is 1.79. The van der Waals surface area contributed by atoms with E-state index in [4.69, 9.17) is 0 Å². The van der Waals surface area contributed by atoms with E-state index in [-0.39, 0.29) is 11.2 Å². The second-order valence-corrected chi connectivity index (χ2v) is 8.41. The van der Waals surface area contributed by atoms with Crippen molar-refractivity contribution in [1.29, 1.82) is 0 Å². The van der Waals surface area contributed by atoms with Crippen LogP contribution in [0.2, 0.25) is 0 Å². The van der Waals surface area contributed by atoms with Gasteiger partial charge in [-0.3, -0.25) is 4.79 Å². The third-order valence-electron chi connectivity index (χ3n) is 7.26. The first-order chi connectivity index (χ1) is 11.0. The summed E-state index contributed by atoms with van der Waals surface area (Å²) in [6.45, 7) is 6.65. The zero-order valence-corrected chi connectivity index (χ0v) is 14.5. The Kier molecular flexibility index (Phi) is 3.24. The van der Waals surface area contributed by atoms with Gasteiger partial charge < -0.3 is 0 Å². The van der Waals surface area contributed by atoms with E-state index in [9.17, 15) is 4.79 Å². The minimum atomic E-state index is -0.0174. The monoisotopic (exact) mass is 306 g/mol. The predicted molar refractivity (Wildman–Crippen MR) is 93.5 cm³/mol. The average molecular weight is 306 g/mol. The molecular weight excluding hydrogens is 280 g/mol. The van der Waals surface area contributed by atoms with Crippen LogP contribution >= 0.6 is 0 Å². The van der Waals surface area contributed by atoms with Crippen molar-refractivity contribution >= 4 is 5.78 Å². The fourth-order valence-corrected chi connectivity index (χ4v) is 5.98. The lowest BCUT2D eigenvalue weighted by molar-refractivity contribution is -0.111. The summed E-state index contributed by atoms with van der Waals surface area (Å²) in [5, 5.41) is 0. The largest absolute Gasteiger partial charge is 0.289 e. The van der Waals surface area contributed by atoms with Gasteiger partial charge in [-0.1, -0.05) is 44.4 Å². The minimum Gasteiger partial charge on any atom is -0.289 e. The molecule has 0 heterocycles. The van der Waals surface area contributed by atoms with Crippen LogP contribution in [0.3, 0.4) is 0 Å². The van der Waals surface area contributed by atoms with E-state index in [2.05, 4.69) is 43.9 Å². The minimum absolute atomic E-state index is 0.0174. The van der Waals surface area contributed by atoms with E-state index in [1.165, 1.54) is 37.7 Å². The summed E-state index contributed by atoms with van der Waals surface area (Å²) in [5.41, 5.74) is 2.43. The van der Waals surface area contributed by atoms with Gasteiger partial charge in [0.15, 0.2) is 5.78 Å². The summed E-state index contributed by atoms with van der Waals surface area (Å²) in [7, 11) is 0. The molecule has 0 saturated heterocycles. The number of carbonyl (C=O) groups is 1. The highest BCUT2D eigenvalue weighted by molar-refractivity contribution is 6.09. The first-order valence-corrected chi connectivity index (χ1v) is 9.08. The molecule has 1 heteroatoms. The number of allylic oxidation sites excluding steroid dienone is 6. The second kappa shape index (κ2) is 4.97. The molecule has 0 unspecified atom stereocenters. The number of hydrogen-bond donors (Lipinski definition) is 0. The third-order valence-corrected chi connectivity index (χ3v) is 7.26. The molecule has 4 aliphatic carbocycles. The van der Waals surface area contributed by atoms with Crippen molar-refractivity contribution in [3.8, 4) is 11.8 Å². The van der Waals surface area contributed by atoms with Crippen LogP contribution in [0.1, 0.15) is 52.9 Å². The first kappa shape index (κ1) is 15.0. The molecule has 23 heavy (non-hydrogen) atoms. The van der Waals surface area contributed by atoms with Crippen LogP contribution in [-0.4, -0.2) is 5.78 Å². The Morgan fingerprint density at radius 2 is 2.00 bits per heavy atom. The third kappa shape index (κ3) is 2.04. The molecule has 0 aromatic carbocycles. The van der Waals surface area contributed by atoms with E-state index in [0.29, 0.717) is 22.8 Å². The first-order valence-electron chi connectivity index (χ1n) is 9.08. The normalized spacial score (nSPS) is 44.3. The summed E-state index contributed by atoms with van der Waals surface area (Å²) in [6, 6.07) is 0. The maximum atomic E-state index is 12.3. The highest BCUT2D eigenvalue weighted by Gasteiger charge is 2.54. The molecule has 0 amide bonds. The van der Waals surface area contributed by atoms with Gasteiger partial charge in [-0.05, 0) is 67.4 Å². The highest BCUT2D eigenvalue weighted by atomic mass is 16.1. The van der Waals surface area contributed by atoms with Crippen LogP contribution in [0.4, 0.5) is 0 Å². The van der Waals surface area contributed by atoms with Gasteiger partial charge in [-0.25, -0.2) is 0 Å². The Hall–Kier alpha value is -1.55. The summed E-state index contributed by atoms with van der Waals surface area (Å²) >= 11 is 0. The molecule has 0 spiro atoms. The van der Waals surface area contributed by atoms with E-state index in [1.54, 1.807) is 0 Å². The van der Waals surface area contributed by atoms with Gasteiger partial charge in [0.1, 0.15) is 0 Å². The lowest BCUT2D eigenvalue weighted by Gasteiger charge is -2.54. The van der Waals surface area contributed by atoms with Crippen molar-refractivity contribution in [3.63, 3.8) is 0 Å². The highest BCUT2D eigenvalue weighted by Crippen LogP contribution is 2.62. The van der Waals surface area contributed by atoms with E-state index >= 15 is 0 Å². The molecule has 0 aromatic rings. The molecule has 0 N–H and O–H groups in total. The maximum Gasteiger partial charge on any atom is 0.194 e. The van der Waals surface area contributed by atoms with Gasteiger partial charge in [-0.2, -0.15) is 0 Å². The van der Waals surface area contributed by atoms with Gasteiger partial charge in [0.2, 0.25) is 0 Å². The topological polar surface area (TPSA) is 17.1 Å². The number of ketones is 1. The van der Waals surface area contributed by atoms with Crippen LogP contribution in [0.5, 0.6) is 0 Å². The zero-order valence-electron chi connectivity index (χ0n) is 14.5. The molecule has 5 atom stereocenters. The van der Waals surface area contributed by atoms with Crippen molar-refractivity contribution < 1.29 is 4.79 Å². The van der Waals surface area contributed by atoms with Crippen molar-refractivity contribution in [2.45, 2.75) is 52.9 Å². The molecule has 0 aliphatic heterocycles. The zero-order chi connectivity index (χ0) is 16.2. The Morgan fingerprint density at radius 3 is 2.78 bits per heavy atom. The maximum absolute atomic E-state index is 12.3. The fourth-order valence-electron chi connectivity index (χ4n) is 5.98. The van der Waals surface area contributed by atoms with Crippen molar-refractivity contribution in [1.82, 2.24) is 0 Å². The second-order valence-electron chi connectivity index (χ2n) is 8.41. The van der Waals surface area contributed by atoms with Gasteiger partial charge in [0.25, 0.3) is 0 Å². The van der Waals surface area contributed by atoms with Gasteiger partial charge in [0.05, 0.1) is 5.57 Å². The van der Waals surface area contributed by atoms with E-state index in [1.807, 2.05) is 13.0 Å². The molecule has 0 aromatic heterocycles. The van der Waals surface area contributed by atoms with Gasteiger partial charge in [0, 0.05) is 5.41 Å². The molecule has 0 bridgehead atoms. The molecule has 2 saturated carbocycles. The number of fused-ring (bicyclic) bond motifs is 5. The van der Waals surface area contributed by atoms with Crippen LogP contribution in [-0.2, 0) is 4.79 Å². The standard InChI is InChI=1S/C22H26O/c1-4-6-15-14-22(3)16(13-20(15)23)8-9-17-18-7-5-11-21(18,2)12-10-19(17)22/h8-9,13-14,17-19H,5,7,10-12H2,1-3H3/t17-,18-,19-,21-,22-/m0/s1. The van der Waals surface area contributed by atoms with Gasteiger partial charge >= 0.3 is 0 Å². The SMILES string of the molecule is CC#CC1=C[C@@]2(C)C(=CC1=O)C=C[C@H]1[C@@H]3CCC[C@@]3(C)CC[C@@H]12. The van der Waals surface area contributed by atoms with E-state index in [0.717, 1.165) is 5.92 Å². The van der Waals surface area contributed by atoms with Crippen molar-refractivity contribution in [2.24, 2.45) is 28.6 Å². The number of carbonyl (C=O) groups excluding carboxylic acids is 1. The van der Waals surface area contributed by atoms with Crippen LogP contribution in [0, 0.1) is 40.4 Å². The molecule has 120 valence electrons. The summed E-state index contributed by atoms with van der Waals surface area (Å²) in [4.78, 5) is 12.3.